The molecular weight excluding hydrogens is 332 g/mol. The van der Waals surface area contributed by atoms with Crippen molar-refractivity contribution in [3.63, 3.8) is 0 Å². The van der Waals surface area contributed by atoms with Gasteiger partial charge in [-0.2, -0.15) is 0 Å². The number of methoxy groups -OCH3 is 1. The van der Waals surface area contributed by atoms with Crippen molar-refractivity contribution in [2.45, 2.75) is 13.0 Å². The van der Waals surface area contributed by atoms with E-state index in [1.165, 1.54) is 0 Å². The van der Waals surface area contributed by atoms with Gasteiger partial charge in [0.2, 0.25) is 0 Å². The fraction of sp³-hybridized carbons (Fsp3) is 0.250. The first kappa shape index (κ1) is 14.1. The molecular formula is C16H15BrN2O2. The van der Waals surface area contributed by atoms with Crippen molar-refractivity contribution < 1.29 is 9.53 Å². The predicted octanol–water partition coefficient (Wildman–Crippen LogP) is 3.05. The zero-order chi connectivity index (χ0) is 14.8. The standard InChI is InChI=1S/C16H15BrN2O2/c1-21-15-9-12(17)4-5-13(15)16(20)19-8-6-14-11(10-19)3-2-7-18-14/h2-5,7,9H,6,8,10H2,1H3. The maximum atomic E-state index is 12.7. The Morgan fingerprint density at radius 3 is 3.05 bits per heavy atom. The van der Waals surface area contributed by atoms with Gasteiger partial charge in [0.15, 0.2) is 0 Å². The number of nitrogens with zero attached hydrogens (tertiary/aromatic N) is 2. The molecule has 0 saturated carbocycles. The molecule has 0 aliphatic carbocycles. The molecule has 0 radical (unpaired) electrons. The van der Waals surface area contributed by atoms with E-state index in [-0.39, 0.29) is 5.91 Å². The summed E-state index contributed by atoms with van der Waals surface area (Å²) < 4.78 is 6.21. The molecule has 108 valence electrons. The first-order valence-electron chi connectivity index (χ1n) is 6.74. The molecule has 1 aliphatic rings. The molecule has 1 aromatic heterocycles. The molecule has 1 amide bonds. The van der Waals surface area contributed by atoms with Gasteiger partial charge in [0.05, 0.1) is 12.7 Å². The van der Waals surface area contributed by atoms with E-state index < -0.39 is 0 Å². The Balaban J connectivity index is 1.87. The third-order valence-electron chi connectivity index (χ3n) is 3.65. The van der Waals surface area contributed by atoms with Crippen LogP contribution in [-0.4, -0.2) is 29.4 Å². The molecule has 3 rings (SSSR count). The van der Waals surface area contributed by atoms with Gasteiger partial charge in [-0.15, -0.1) is 0 Å². The summed E-state index contributed by atoms with van der Waals surface area (Å²) in [6.45, 7) is 1.28. The third-order valence-corrected chi connectivity index (χ3v) is 4.14. The van der Waals surface area contributed by atoms with E-state index in [1.807, 2.05) is 29.2 Å². The third kappa shape index (κ3) is 2.78. The summed E-state index contributed by atoms with van der Waals surface area (Å²) in [4.78, 5) is 18.9. The van der Waals surface area contributed by atoms with Crippen LogP contribution in [0.2, 0.25) is 0 Å². The van der Waals surface area contributed by atoms with E-state index in [4.69, 9.17) is 4.74 Å². The van der Waals surface area contributed by atoms with Gasteiger partial charge in [-0.05, 0) is 29.8 Å². The molecule has 0 N–H and O–H groups in total. The van der Waals surface area contributed by atoms with E-state index in [0.717, 1.165) is 22.2 Å². The number of amides is 1. The Morgan fingerprint density at radius 2 is 2.24 bits per heavy atom. The molecule has 21 heavy (non-hydrogen) atoms. The summed E-state index contributed by atoms with van der Waals surface area (Å²) in [5.41, 5.74) is 2.80. The van der Waals surface area contributed by atoms with Crippen LogP contribution in [0, 0.1) is 0 Å². The number of carbonyl (C=O) groups is 1. The lowest BCUT2D eigenvalue weighted by atomic mass is 10.0. The van der Waals surface area contributed by atoms with Gasteiger partial charge in [-0.3, -0.25) is 9.78 Å². The van der Waals surface area contributed by atoms with Crippen molar-refractivity contribution in [3.05, 3.63) is 57.8 Å². The predicted molar refractivity (Wildman–Crippen MR) is 83.4 cm³/mol. The average molecular weight is 347 g/mol. The number of ether oxygens (including phenoxy) is 1. The largest absolute Gasteiger partial charge is 0.496 e. The number of aromatic nitrogens is 1. The van der Waals surface area contributed by atoms with Crippen molar-refractivity contribution in [2.24, 2.45) is 0 Å². The normalized spacial score (nSPS) is 13.7. The molecule has 0 bridgehead atoms. The van der Waals surface area contributed by atoms with Crippen molar-refractivity contribution >= 4 is 21.8 Å². The van der Waals surface area contributed by atoms with Gasteiger partial charge in [0.25, 0.3) is 5.91 Å². The van der Waals surface area contributed by atoms with Crippen LogP contribution >= 0.6 is 15.9 Å². The summed E-state index contributed by atoms with van der Waals surface area (Å²) in [6.07, 6.45) is 2.59. The number of rotatable bonds is 2. The number of hydrogen-bond donors (Lipinski definition) is 0. The fourth-order valence-corrected chi connectivity index (χ4v) is 2.89. The number of benzene rings is 1. The molecule has 0 spiro atoms. The Hall–Kier alpha value is -1.88. The van der Waals surface area contributed by atoms with Crippen molar-refractivity contribution in [2.75, 3.05) is 13.7 Å². The Morgan fingerprint density at radius 1 is 1.38 bits per heavy atom. The molecule has 1 aliphatic heterocycles. The summed E-state index contributed by atoms with van der Waals surface area (Å²) in [5.74, 6) is 0.584. The maximum Gasteiger partial charge on any atom is 0.257 e. The van der Waals surface area contributed by atoms with E-state index in [1.54, 1.807) is 19.4 Å². The zero-order valence-corrected chi connectivity index (χ0v) is 13.3. The van der Waals surface area contributed by atoms with Crippen molar-refractivity contribution in [1.29, 1.82) is 0 Å². The highest BCUT2D eigenvalue weighted by Gasteiger charge is 2.24. The highest BCUT2D eigenvalue weighted by atomic mass is 79.9. The van der Waals surface area contributed by atoms with Gasteiger partial charge in [0, 0.05) is 35.9 Å². The van der Waals surface area contributed by atoms with Gasteiger partial charge in [-0.1, -0.05) is 22.0 Å². The Bertz CT molecular complexity index is 688. The van der Waals surface area contributed by atoms with Crippen LogP contribution < -0.4 is 4.74 Å². The smallest absolute Gasteiger partial charge is 0.257 e. The minimum absolute atomic E-state index is 0.00569. The van der Waals surface area contributed by atoms with Gasteiger partial charge >= 0.3 is 0 Å². The second kappa shape index (κ2) is 5.85. The lowest BCUT2D eigenvalue weighted by Crippen LogP contribution is -2.36. The van der Waals surface area contributed by atoms with Crippen LogP contribution in [0.4, 0.5) is 0 Å². The SMILES string of the molecule is COc1cc(Br)ccc1C(=O)N1CCc2ncccc2C1. The Labute approximate surface area is 131 Å². The quantitative estimate of drug-likeness (QED) is 0.839. The first-order valence-corrected chi connectivity index (χ1v) is 7.54. The second-order valence-corrected chi connectivity index (χ2v) is 5.85. The van der Waals surface area contributed by atoms with Crippen LogP contribution in [0.25, 0.3) is 0 Å². The van der Waals surface area contributed by atoms with Gasteiger partial charge < -0.3 is 9.64 Å². The minimum atomic E-state index is -0.00569. The first-order chi connectivity index (χ1) is 10.2. The van der Waals surface area contributed by atoms with Crippen LogP contribution in [0.15, 0.2) is 41.0 Å². The molecule has 0 saturated heterocycles. The summed E-state index contributed by atoms with van der Waals surface area (Å²) in [6, 6.07) is 9.40. The van der Waals surface area contributed by atoms with Gasteiger partial charge in [-0.25, -0.2) is 0 Å². The average Bonchev–Trinajstić information content (AvgIpc) is 2.53. The topological polar surface area (TPSA) is 42.4 Å². The summed E-state index contributed by atoms with van der Waals surface area (Å²) >= 11 is 3.39. The number of halogens is 1. The van der Waals surface area contributed by atoms with Gasteiger partial charge in [0.1, 0.15) is 5.75 Å². The Kier molecular flexibility index (Phi) is 3.92. The van der Waals surface area contributed by atoms with E-state index in [0.29, 0.717) is 24.4 Å². The number of carbonyl (C=O) groups excluding carboxylic acids is 1. The molecule has 0 unspecified atom stereocenters. The maximum absolute atomic E-state index is 12.7. The van der Waals surface area contributed by atoms with E-state index in [9.17, 15) is 4.79 Å². The van der Waals surface area contributed by atoms with Crippen LogP contribution in [-0.2, 0) is 13.0 Å². The summed E-state index contributed by atoms with van der Waals surface area (Å²) in [5, 5.41) is 0. The second-order valence-electron chi connectivity index (χ2n) is 4.93. The lowest BCUT2D eigenvalue weighted by molar-refractivity contribution is 0.0730. The van der Waals surface area contributed by atoms with Crippen LogP contribution in [0.3, 0.4) is 0 Å². The van der Waals surface area contributed by atoms with Crippen LogP contribution in [0.1, 0.15) is 21.6 Å². The number of hydrogen-bond acceptors (Lipinski definition) is 3. The van der Waals surface area contributed by atoms with Crippen molar-refractivity contribution in [3.8, 4) is 5.75 Å². The molecule has 2 aromatic rings. The molecule has 0 atom stereocenters. The highest BCUT2D eigenvalue weighted by molar-refractivity contribution is 9.10. The summed E-state index contributed by atoms with van der Waals surface area (Å²) in [7, 11) is 1.58. The van der Waals surface area contributed by atoms with E-state index in [2.05, 4.69) is 20.9 Å². The van der Waals surface area contributed by atoms with Crippen LogP contribution in [0.5, 0.6) is 5.75 Å². The highest BCUT2D eigenvalue weighted by Crippen LogP contribution is 2.26. The molecule has 0 fully saturated rings. The number of fused-ring (bicyclic) bond motifs is 1. The zero-order valence-electron chi connectivity index (χ0n) is 11.7. The molecule has 1 aromatic carbocycles. The van der Waals surface area contributed by atoms with E-state index >= 15 is 0 Å². The molecule has 4 nitrogen and oxygen atoms in total. The minimum Gasteiger partial charge on any atom is -0.496 e. The lowest BCUT2D eigenvalue weighted by Gasteiger charge is -2.28. The number of pyridine rings is 1. The molecule has 5 heteroatoms. The monoisotopic (exact) mass is 346 g/mol. The molecule has 2 heterocycles. The fourth-order valence-electron chi connectivity index (χ4n) is 2.55. The van der Waals surface area contributed by atoms with Crippen molar-refractivity contribution in [1.82, 2.24) is 9.88 Å².